The Bertz CT molecular complexity index is 800. The van der Waals surface area contributed by atoms with Crippen LogP contribution in [0.15, 0.2) is 47.4 Å². The van der Waals surface area contributed by atoms with Crippen LogP contribution in [0.2, 0.25) is 0 Å². The molecule has 2 aromatic carbocycles. The van der Waals surface area contributed by atoms with Crippen LogP contribution in [0, 0.1) is 6.92 Å². The Morgan fingerprint density at radius 3 is 2.35 bits per heavy atom. The van der Waals surface area contributed by atoms with E-state index in [9.17, 15) is 8.42 Å². The Hall–Kier alpha value is -2.05. The SMILES string of the molecule is Cc1ccc(CN(C)S(=O)(=O)c2ccc3c(c2)OCCO3)cc1. The average Bonchev–Trinajstić information content (AvgIpc) is 2.56. The van der Waals surface area contributed by atoms with E-state index in [1.165, 1.54) is 10.4 Å². The van der Waals surface area contributed by atoms with Gasteiger partial charge in [-0.2, -0.15) is 4.31 Å². The lowest BCUT2D eigenvalue weighted by Crippen LogP contribution is -2.26. The van der Waals surface area contributed by atoms with Crippen molar-refractivity contribution >= 4 is 10.0 Å². The molecule has 0 amide bonds. The van der Waals surface area contributed by atoms with Gasteiger partial charge in [-0.15, -0.1) is 0 Å². The third-order valence-electron chi connectivity index (χ3n) is 3.75. The number of aryl methyl sites for hydroxylation is 1. The predicted molar refractivity (Wildman–Crippen MR) is 87.3 cm³/mol. The Morgan fingerprint density at radius 1 is 1.00 bits per heavy atom. The van der Waals surface area contributed by atoms with Gasteiger partial charge >= 0.3 is 0 Å². The van der Waals surface area contributed by atoms with E-state index in [4.69, 9.17) is 9.47 Å². The van der Waals surface area contributed by atoms with Crippen LogP contribution < -0.4 is 9.47 Å². The fourth-order valence-corrected chi connectivity index (χ4v) is 3.57. The Morgan fingerprint density at radius 2 is 1.65 bits per heavy atom. The molecule has 6 heteroatoms. The van der Waals surface area contributed by atoms with Gasteiger partial charge in [-0.1, -0.05) is 29.8 Å². The van der Waals surface area contributed by atoms with Crippen molar-refractivity contribution in [2.75, 3.05) is 20.3 Å². The number of fused-ring (bicyclic) bond motifs is 1. The van der Waals surface area contributed by atoms with Gasteiger partial charge in [0.05, 0.1) is 4.90 Å². The largest absolute Gasteiger partial charge is 0.486 e. The maximum atomic E-state index is 12.7. The maximum Gasteiger partial charge on any atom is 0.243 e. The van der Waals surface area contributed by atoms with Gasteiger partial charge in [0.15, 0.2) is 11.5 Å². The van der Waals surface area contributed by atoms with Crippen molar-refractivity contribution in [1.82, 2.24) is 4.31 Å². The lowest BCUT2D eigenvalue weighted by Gasteiger charge is -2.21. The summed E-state index contributed by atoms with van der Waals surface area (Å²) in [6, 6.07) is 12.5. The highest BCUT2D eigenvalue weighted by Crippen LogP contribution is 2.33. The molecular weight excluding hydrogens is 314 g/mol. The molecule has 3 rings (SSSR count). The number of benzene rings is 2. The van der Waals surface area contributed by atoms with Gasteiger partial charge in [0, 0.05) is 19.7 Å². The van der Waals surface area contributed by atoms with Crippen LogP contribution in [0.25, 0.3) is 0 Å². The smallest absolute Gasteiger partial charge is 0.243 e. The summed E-state index contributed by atoms with van der Waals surface area (Å²) in [4.78, 5) is 0.205. The highest BCUT2D eigenvalue weighted by molar-refractivity contribution is 7.89. The van der Waals surface area contributed by atoms with Crippen molar-refractivity contribution < 1.29 is 17.9 Å². The molecule has 0 saturated heterocycles. The zero-order chi connectivity index (χ0) is 16.4. The first-order valence-electron chi connectivity index (χ1n) is 7.38. The second-order valence-electron chi connectivity index (χ2n) is 5.55. The number of nitrogens with zero attached hydrogens (tertiary/aromatic N) is 1. The molecule has 1 aliphatic heterocycles. The summed E-state index contributed by atoms with van der Waals surface area (Å²) in [6.45, 7) is 3.22. The number of ether oxygens (including phenoxy) is 2. The highest BCUT2D eigenvalue weighted by atomic mass is 32.2. The molecule has 0 fully saturated rings. The Labute approximate surface area is 136 Å². The third kappa shape index (κ3) is 3.33. The molecule has 0 aliphatic carbocycles. The van der Waals surface area contributed by atoms with Gasteiger partial charge in [-0.25, -0.2) is 8.42 Å². The zero-order valence-corrected chi connectivity index (χ0v) is 14.0. The second-order valence-corrected chi connectivity index (χ2v) is 7.60. The normalized spacial score (nSPS) is 14.0. The topological polar surface area (TPSA) is 55.8 Å². The summed E-state index contributed by atoms with van der Waals surface area (Å²) in [5.41, 5.74) is 2.09. The number of sulfonamides is 1. The van der Waals surface area contributed by atoms with Gasteiger partial charge in [-0.05, 0) is 24.6 Å². The minimum absolute atomic E-state index is 0.205. The van der Waals surface area contributed by atoms with Crippen LogP contribution in [0.4, 0.5) is 0 Å². The van der Waals surface area contributed by atoms with Crippen LogP contribution in [0.5, 0.6) is 11.5 Å². The van der Waals surface area contributed by atoms with E-state index in [0.29, 0.717) is 31.3 Å². The van der Waals surface area contributed by atoms with Crippen LogP contribution in [-0.2, 0) is 16.6 Å². The van der Waals surface area contributed by atoms with Gasteiger partial charge in [0.2, 0.25) is 10.0 Å². The molecular formula is C17H19NO4S. The average molecular weight is 333 g/mol. The minimum Gasteiger partial charge on any atom is -0.486 e. The van der Waals surface area contributed by atoms with Crippen LogP contribution in [0.3, 0.4) is 0 Å². The van der Waals surface area contributed by atoms with E-state index >= 15 is 0 Å². The Kier molecular flexibility index (Phi) is 4.28. The summed E-state index contributed by atoms with van der Waals surface area (Å²) in [7, 11) is -2.01. The molecule has 0 unspecified atom stereocenters. The molecule has 0 bridgehead atoms. The van der Waals surface area contributed by atoms with Crippen molar-refractivity contribution in [2.45, 2.75) is 18.4 Å². The van der Waals surface area contributed by atoms with Crippen LogP contribution in [0.1, 0.15) is 11.1 Å². The van der Waals surface area contributed by atoms with Crippen LogP contribution in [-0.4, -0.2) is 33.0 Å². The van der Waals surface area contributed by atoms with E-state index < -0.39 is 10.0 Å². The summed E-state index contributed by atoms with van der Waals surface area (Å²) >= 11 is 0. The molecule has 0 radical (unpaired) electrons. The van der Waals surface area contributed by atoms with Crippen molar-refractivity contribution in [3.8, 4) is 11.5 Å². The van der Waals surface area contributed by atoms with E-state index in [2.05, 4.69) is 0 Å². The molecule has 0 saturated carbocycles. The molecule has 0 spiro atoms. The molecule has 122 valence electrons. The van der Waals surface area contributed by atoms with Gasteiger partial charge < -0.3 is 9.47 Å². The van der Waals surface area contributed by atoms with Crippen LogP contribution >= 0.6 is 0 Å². The molecule has 0 N–H and O–H groups in total. The first kappa shape index (κ1) is 15.8. The molecule has 0 aromatic heterocycles. The van der Waals surface area contributed by atoms with E-state index in [1.54, 1.807) is 19.2 Å². The van der Waals surface area contributed by atoms with Crippen molar-refractivity contribution in [2.24, 2.45) is 0 Å². The minimum atomic E-state index is -3.58. The van der Waals surface area contributed by atoms with Gasteiger partial charge in [-0.3, -0.25) is 0 Å². The van der Waals surface area contributed by atoms with Crippen molar-refractivity contribution in [3.05, 3.63) is 53.6 Å². The monoisotopic (exact) mass is 333 g/mol. The molecule has 1 aliphatic rings. The molecule has 23 heavy (non-hydrogen) atoms. The quantitative estimate of drug-likeness (QED) is 0.863. The number of hydrogen-bond acceptors (Lipinski definition) is 4. The Balaban J connectivity index is 1.84. The highest BCUT2D eigenvalue weighted by Gasteiger charge is 2.23. The predicted octanol–water partition coefficient (Wildman–Crippen LogP) is 2.59. The van der Waals surface area contributed by atoms with Gasteiger partial charge in [0.1, 0.15) is 13.2 Å². The van der Waals surface area contributed by atoms with Crippen molar-refractivity contribution in [1.29, 1.82) is 0 Å². The molecule has 2 aromatic rings. The zero-order valence-electron chi connectivity index (χ0n) is 13.2. The van der Waals surface area contributed by atoms with E-state index in [1.807, 2.05) is 31.2 Å². The van der Waals surface area contributed by atoms with Crippen molar-refractivity contribution in [3.63, 3.8) is 0 Å². The first-order valence-corrected chi connectivity index (χ1v) is 8.82. The van der Waals surface area contributed by atoms with E-state index in [-0.39, 0.29) is 4.90 Å². The fraction of sp³-hybridized carbons (Fsp3) is 0.294. The fourth-order valence-electron chi connectivity index (χ4n) is 2.40. The lowest BCUT2D eigenvalue weighted by molar-refractivity contribution is 0.171. The lowest BCUT2D eigenvalue weighted by atomic mass is 10.1. The summed E-state index contributed by atoms with van der Waals surface area (Å²) in [5, 5.41) is 0. The van der Waals surface area contributed by atoms with Gasteiger partial charge in [0.25, 0.3) is 0 Å². The second kappa shape index (κ2) is 6.22. The molecule has 0 atom stereocenters. The first-order chi connectivity index (χ1) is 11.0. The summed E-state index contributed by atoms with van der Waals surface area (Å²) in [5.74, 6) is 1.05. The molecule has 1 heterocycles. The molecule has 5 nitrogen and oxygen atoms in total. The summed E-state index contributed by atoms with van der Waals surface area (Å²) in [6.07, 6.45) is 0. The summed E-state index contributed by atoms with van der Waals surface area (Å²) < 4.78 is 37.7. The number of rotatable bonds is 4. The third-order valence-corrected chi connectivity index (χ3v) is 5.55. The number of hydrogen-bond donors (Lipinski definition) is 0. The maximum absolute atomic E-state index is 12.7. The van der Waals surface area contributed by atoms with E-state index in [0.717, 1.165) is 11.1 Å². The standard InChI is InChI=1S/C17H19NO4S/c1-13-3-5-14(6-4-13)12-18(2)23(19,20)15-7-8-16-17(11-15)22-10-9-21-16/h3-8,11H,9-10,12H2,1-2H3.